The Labute approximate surface area is 131 Å². The number of hydrogen-bond acceptors (Lipinski definition) is 2. The van der Waals surface area contributed by atoms with E-state index in [1.807, 2.05) is 0 Å². The fourth-order valence-corrected chi connectivity index (χ4v) is 2.24. The molecule has 2 nitrogen and oxygen atoms in total. The van der Waals surface area contributed by atoms with Crippen molar-refractivity contribution in [1.29, 1.82) is 0 Å². The maximum absolute atomic E-state index is 6.15. The minimum absolute atomic E-state index is 0.193. The van der Waals surface area contributed by atoms with Crippen LogP contribution in [-0.4, -0.2) is 19.2 Å². The smallest absolute Gasteiger partial charge is 0.122 e. The Morgan fingerprint density at radius 1 is 1.19 bits per heavy atom. The molecule has 1 unspecified atom stereocenters. The molecule has 1 N–H and O–H groups in total. The maximum Gasteiger partial charge on any atom is 0.122 e. The van der Waals surface area contributed by atoms with Gasteiger partial charge in [0.25, 0.3) is 0 Å². The molecule has 0 spiro atoms. The number of hydrogen-bond donors (Lipinski definition) is 1. The first-order valence-electron chi connectivity index (χ1n) is 8.22. The molecule has 2 heteroatoms. The molecule has 0 amide bonds. The predicted molar refractivity (Wildman–Crippen MR) is 92.3 cm³/mol. The van der Waals surface area contributed by atoms with Gasteiger partial charge in [0.2, 0.25) is 0 Å². The first kappa shape index (κ1) is 18.0. The summed E-state index contributed by atoms with van der Waals surface area (Å²) in [5.41, 5.74) is 2.74. The van der Waals surface area contributed by atoms with E-state index in [-0.39, 0.29) is 5.41 Å². The van der Waals surface area contributed by atoms with Crippen molar-refractivity contribution in [3.05, 3.63) is 29.3 Å². The largest absolute Gasteiger partial charge is 0.492 e. The Hall–Kier alpha value is -1.02. The van der Waals surface area contributed by atoms with E-state index >= 15 is 0 Å². The predicted octanol–water partition coefficient (Wildman–Crippen LogP) is 4.91. The summed E-state index contributed by atoms with van der Waals surface area (Å²) >= 11 is 0. The highest BCUT2D eigenvalue weighted by atomic mass is 16.5. The standard InChI is InChI=1S/C19H33NO/c1-8-11-20-18(19(5,6)7)13-21-17-12-16(14(2)3)10-9-15(17)4/h9-10,12,14,18,20H,8,11,13H2,1-7H3. The lowest BCUT2D eigenvalue weighted by Crippen LogP contribution is -2.45. The molecule has 0 heterocycles. The quantitative estimate of drug-likeness (QED) is 0.770. The van der Waals surface area contributed by atoms with Crippen molar-refractivity contribution in [3.8, 4) is 5.75 Å². The van der Waals surface area contributed by atoms with Crippen molar-refractivity contribution in [2.45, 2.75) is 66.8 Å². The summed E-state index contributed by atoms with van der Waals surface area (Å²) in [6, 6.07) is 6.92. The van der Waals surface area contributed by atoms with Crippen molar-refractivity contribution < 1.29 is 4.74 Å². The zero-order chi connectivity index (χ0) is 16.0. The average molecular weight is 291 g/mol. The third-order valence-corrected chi connectivity index (χ3v) is 3.97. The molecular weight excluding hydrogens is 258 g/mol. The Morgan fingerprint density at radius 2 is 1.86 bits per heavy atom. The summed E-state index contributed by atoms with van der Waals surface area (Å²) in [5.74, 6) is 1.55. The van der Waals surface area contributed by atoms with Gasteiger partial charge in [-0.3, -0.25) is 0 Å². The minimum Gasteiger partial charge on any atom is -0.492 e. The lowest BCUT2D eigenvalue weighted by molar-refractivity contribution is 0.173. The highest BCUT2D eigenvalue weighted by Crippen LogP contribution is 2.26. The molecule has 1 aromatic carbocycles. The molecule has 0 saturated heterocycles. The third-order valence-electron chi connectivity index (χ3n) is 3.97. The molecule has 0 aliphatic heterocycles. The monoisotopic (exact) mass is 291 g/mol. The molecular formula is C19H33NO. The second-order valence-corrected chi connectivity index (χ2v) is 7.36. The van der Waals surface area contributed by atoms with Crippen molar-refractivity contribution in [2.24, 2.45) is 5.41 Å². The molecule has 1 aromatic rings. The Morgan fingerprint density at radius 3 is 2.38 bits per heavy atom. The zero-order valence-electron chi connectivity index (χ0n) is 14.9. The van der Waals surface area contributed by atoms with Crippen LogP contribution in [0.25, 0.3) is 0 Å². The third kappa shape index (κ3) is 5.70. The zero-order valence-corrected chi connectivity index (χ0v) is 14.9. The summed E-state index contributed by atoms with van der Waals surface area (Å²) in [6.07, 6.45) is 1.15. The van der Waals surface area contributed by atoms with E-state index in [4.69, 9.17) is 4.74 Å². The van der Waals surface area contributed by atoms with E-state index in [1.165, 1.54) is 11.1 Å². The first-order chi connectivity index (χ1) is 9.75. The number of ether oxygens (including phenoxy) is 1. The number of rotatable bonds is 7. The fraction of sp³-hybridized carbons (Fsp3) is 0.684. The van der Waals surface area contributed by atoms with Gasteiger partial charge in [0.05, 0.1) is 0 Å². The van der Waals surface area contributed by atoms with Gasteiger partial charge in [-0.1, -0.05) is 53.7 Å². The first-order valence-corrected chi connectivity index (χ1v) is 8.22. The van der Waals surface area contributed by atoms with Crippen LogP contribution in [0.1, 0.15) is 65.0 Å². The van der Waals surface area contributed by atoms with Crippen LogP contribution < -0.4 is 10.1 Å². The van der Waals surface area contributed by atoms with Crippen LogP contribution in [0, 0.1) is 12.3 Å². The van der Waals surface area contributed by atoms with Crippen molar-refractivity contribution >= 4 is 0 Å². The van der Waals surface area contributed by atoms with Crippen LogP contribution in [0.4, 0.5) is 0 Å². The molecule has 120 valence electrons. The van der Waals surface area contributed by atoms with Crippen molar-refractivity contribution in [1.82, 2.24) is 5.32 Å². The van der Waals surface area contributed by atoms with Gasteiger partial charge < -0.3 is 10.1 Å². The highest BCUT2D eigenvalue weighted by molar-refractivity contribution is 5.37. The maximum atomic E-state index is 6.15. The fourth-order valence-electron chi connectivity index (χ4n) is 2.24. The average Bonchev–Trinajstić information content (AvgIpc) is 2.38. The molecule has 0 bridgehead atoms. The van der Waals surface area contributed by atoms with Gasteiger partial charge in [-0.25, -0.2) is 0 Å². The summed E-state index contributed by atoms with van der Waals surface area (Å²) in [6.45, 7) is 17.3. The Bertz CT molecular complexity index is 432. The van der Waals surface area contributed by atoms with Crippen LogP contribution in [0.2, 0.25) is 0 Å². The van der Waals surface area contributed by atoms with Gasteiger partial charge in [-0.15, -0.1) is 0 Å². The van der Waals surface area contributed by atoms with Gasteiger partial charge in [0.1, 0.15) is 12.4 Å². The lowest BCUT2D eigenvalue weighted by atomic mass is 9.87. The summed E-state index contributed by atoms with van der Waals surface area (Å²) in [4.78, 5) is 0. The van der Waals surface area contributed by atoms with Crippen molar-refractivity contribution in [2.75, 3.05) is 13.2 Å². The Balaban J connectivity index is 2.77. The number of aryl methyl sites for hydroxylation is 1. The van der Waals surface area contributed by atoms with Crippen LogP contribution in [0.3, 0.4) is 0 Å². The number of benzene rings is 1. The van der Waals surface area contributed by atoms with Crippen LogP contribution in [-0.2, 0) is 0 Å². The SMILES string of the molecule is CCCNC(COc1cc(C(C)C)ccc1C)C(C)(C)C. The topological polar surface area (TPSA) is 21.3 Å². The molecule has 1 atom stereocenters. The molecule has 0 aromatic heterocycles. The van der Waals surface area contributed by atoms with Crippen LogP contribution in [0.5, 0.6) is 5.75 Å². The molecule has 0 aliphatic rings. The second kappa shape index (κ2) is 7.84. The second-order valence-electron chi connectivity index (χ2n) is 7.36. The highest BCUT2D eigenvalue weighted by Gasteiger charge is 2.24. The van der Waals surface area contributed by atoms with Gasteiger partial charge in [0.15, 0.2) is 0 Å². The normalized spacial score (nSPS) is 13.5. The van der Waals surface area contributed by atoms with Crippen LogP contribution >= 0.6 is 0 Å². The molecule has 0 saturated carbocycles. The number of nitrogens with one attached hydrogen (secondary N) is 1. The molecule has 0 fully saturated rings. The minimum atomic E-state index is 0.193. The van der Waals surface area contributed by atoms with E-state index in [1.54, 1.807) is 0 Å². The van der Waals surface area contributed by atoms with E-state index in [9.17, 15) is 0 Å². The molecule has 21 heavy (non-hydrogen) atoms. The van der Waals surface area contributed by atoms with Gasteiger partial charge in [-0.2, -0.15) is 0 Å². The van der Waals surface area contributed by atoms with E-state index in [0.29, 0.717) is 18.6 Å². The summed E-state index contributed by atoms with van der Waals surface area (Å²) in [5, 5.41) is 3.61. The lowest BCUT2D eigenvalue weighted by Gasteiger charge is -2.31. The van der Waals surface area contributed by atoms with Crippen molar-refractivity contribution in [3.63, 3.8) is 0 Å². The molecule has 0 aliphatic carbocycles. The van der Waals surface area contributed by atoms with Gasteiger partial charge in [0, 0.05) is 6.04 Å². The van der Waals surface area contributed by atoms with E-state index in [2.05, 4.69) is 72.0 Å². The molecule has 1 rings (SSSR count). The molecule has 0 radical (unpaired) electrons. The van der Waals surface area contributed by atoms with E-state index < -0.39 is 0 Å². The summed E-state index contributed by atoms with van der Waals surface area (Å²) in [7, 11) is 0. The van der Waals surface area contributed by atoms with Gasteiger partial charge in [-0.05, 0) is 48.4 Å². The Kier molecular flexibility index (Phi) is 6.73. The summed E-state index contributed by atoms with van der Waals surface area (Å²) < 4.78 is 6.15. The van der Waals surface area contributed by atoms with Crippen LogP contribution in [0.15, 0.2) is 18.2 Å². The van der Waals surface area contributed by atoms with Gasteiger partial charge >= 0.3 is 0 Å². The van der Waals surface area contributed by atoms with E-state index in [0.717, 1.165) is 18.7 Å².